The van der Waals surface area contributed by atoms with E-state index in [-0.39, 0.29) is 5.91 Å². The average molecular weight is 359 g/mol. The third kappa shape index (κ3) is 2.86. The largest absolute Gasteiger partial charge is 0.268 e. The van der Waals surface area contributed by atoms with Gasteiger partial charge in [-0.2, -0.15) is 0 Å². The van der Waals surface area contributed by atoms with Crippen LogP contribution in [-0.4, -0.2) is 15.9 Å². The molecule has 4 nitrogen and oxygen atoms in total. The van der Waals surface area contributed by atoms with Gasteiger partial charge in [0.1, 0.15) is 0 Å². The first-order valence-electron chi connectivity index (χ1n) is 8.31. The van der Waals surface area contributed by atoms with Gasteiger partial charge < -0.3 is 0 Å². The van der Waals surface area contributed by atoms with Gasteiger partial charge in [-0.1, -0.05) is 41.7 Å². The van der Waals surface area contributed by atoms with Crippen molar-refractivity contribution in [3.05, 3.63) is 83.7 Å². The van der Waals surface area contributed by atoms with Crippen molar-refractivity contribution in [3.63, 3.8) is 0 Å². The maximum atomic E-state index is 13.4. The van der Waals surface area contributed by atoms with Crippen LogP contribution in [0.5, 0.6) is 0 Å². The second-order valence-corrected chi connectivity index (χ2v) is 7.09. The van der Waals surface area contributed by atoms with Crippen LogP contribution < -0.4 is 4.90 Å². The van der Waals surface area contributed by atoms with Crippen LogP contribution in [0.2, 0.25) is 0 Å². The Morgan fingerprint density at radius 1 is 0.923 bits per heavy atom. The number of hydrogen-bond acceptors (Lipinski definition) is 4. The highest BCUT2D eigenvalue weighted by atomic mass is 32.1. The molecule has 0 radical (unpaired) electrons. The Balaban J connectivity index is 1.93. The summed E-state index contributed by atoms with van der Waals surface area (Å²) in [6, 6.07) is 17.4. The van der Waals surface area contributed by atoms with E-state index >= 15 is 0 Å². The van der Waals surface area contributed by atoms with Crippen molar-refractivity contribution in [1.29, 1.82) is 0 Å². The molecule has 0 saturated heterocycles. The van der Waals surface area contributed by atoms with Gasteiger partial charge in [-0.3, -0.25) is 14.7 Å². The number of aryl methyl sites for hydroxylation is 2. The van der Waals surface area contributed by atoms with E-state index < -0.39 is 0 Å². The van der Waals surface area contributed by atoms with Crippen LogP contribution in [0, 0.1) is 13.8 Å². The minimum atomic E-state index is -0.108. The Bertz CT molecular complexity index is 1040. The molecular weight excluding hydrogens is 342 g/mol. The number of pyridine rings is 1. The second kappa shape index (κ2) is 6.69. The van der Waals surface area contributed by atoms with Gasteiger partial charge in [0.25, 0.3) is 5.91 Å². The summed E-state index contributed by atoms with van der Waals surface area (Å²) >= 11 is 1.52. The van der Waals surface area contributed by atoms with Crippen molar-refractivity contribution in [3.8, 4) is 0 Å². The summed E-state index contributed by atoms with van der Waals surface area (Å²) in [5.74, 6) is -0.108. The lowest BCUT2D eigenvalue weighted by Crippen LogP contribution is -2.27. The molecule has 4 aromatic rings. The minimum absolute atomic E-state index is 0.108. The first kappa shape index (κ1) is 16.4. The van der Waals surface area contributed by atoms with Gasteiger partial charge in [-0.25, -0.2) is 4.98 Å². The molecule has 5 heteroatoms. The Hall–Kier alpha value is -3.05. The molecule has 128 valence electrons. The number of carbonyl (C=O) groups excluding carboxylic acids is 1. The summed E-state index contributed by atoms with van der Waals surface area (Å²) < 4.78 is 1.06. The first-order valence-corrected chi connectivity index (χ1v) is 9.13. The monoisotopic (exact) mass is 359 g/mol. The molecule has 0 aliphatic carbocycles. The SMILES string of the molecule is Cc1cccc(C)c1N(C(=O)c1ccncc1)c1nc2ccccc2s1. The summed E-state index contributed by atoms with van der Waals surface area (Å²) in [7, 11) is 0. The van der Waals surface area contributed by atoms with Crippen molar-refractivity contribution < 1.29 is 4.79 Å². The molecule has 0 N–H and O–H groups in total. The van der Waals surface area contributed by atoms with Gasteiger partial charge >= 0.3 is 0 Å². The summed E-state index contributed by atoms with van der Waals surface area (Å²) in [5, 5.41) is 0.672. The second-order valence-electron chi connectivity index (χ2n) is 6.08. The number of nitrogens with zero attached hydrogens (tertiary/aromatic N) is 3. The molecule has 0 spiro atoms. The predicted octanol–water partition coefficient (Wildman–Crippen LogP) is 5.29. The van der Waals surface area contributed by atoms with Crippen LogP contribution in [0.4, 0.5) is 10.8 Å². The van der Waals surface area contributed by atoms with Gasteiger partial charge in [-0.15, -0.1) is 0 Å². The normalized spacial score (nSPS) is 10.8. The maximum absolute atomic E-state index is 13.4. The zero-order chi connectivity index (χ0) is 18.1. The number of para-hydroxylation sites is 2. The number of fused-ring (bicyclic) bond motifs is 1. The molecule has 1 amide bonds. The molecule has 0 saturated carbocycles. The molecule has 0 aliphatic heterocycles. The summed E-state index contributed by atoms with van der Waals surface area (Å²) in [5.41, 5.74) is 4.43. The third-order valence-corrected chi connectivity index (χ3v) is 5.29. The molecule has 0 fully saturated rings. The van der Waals surface area contributed by atoms with Gasteiger partial charge in [0, 0.05) is 18.0 Å². The molecule has 2 heterocycles. The number of thiazole rings is 1. The van der Waals surface area contributed by atoms with Gasteiger partial charge in [-0.05, 0) is 49.2 Å². The first-order chi connectivity index (χ1) is 12.6. The van der Waals surface area contributed by atoms with Crippen LogP contribution in [0.25, 0.3) is 10.2 Å². The van der Waals surface area contributed by atoms with Crippen molar-refractivity contribution in [2.45, 2.75) is 13.8 Å². The van der Waals surface area contributed by atoms with E-state index in [0.717, 1.165) is 27.0 Å². The molecule has 0 atom stereocenters. The highest BCUT2D eigenvalue weighted by Gasteiger charge is 2.25. The topological polar surface area (TPSA) is 46.1 Å². The van der Waals surface area contributed by atoms with Crippen LogP contribution in [0.1, 0.15) is 21.5 Å². The molecule has 0 aliphatic rings. The van der Waals surface area contributed by atoms with Crippen LogP contribution in [-0.2, 0) is 0 Å². The highest BCUT2D eigenvalue weighted by Crippen LogP contribution is 2.37. The Morgan fingerprint density at radius 2 is 1.62 bits per heavy atom. The average Bonchev–Trinajstić information content (AvgIpc) is 3.08. The number of aromatic nitrogens is 2. The number of amides is 1. The highest BCUT2D eigenvalue weighted by molar-refractivity contribution is 7.22. The standard InChI is InChI=1S/C21H17N3OS/c1-14-6-5-7-15(2)19(14)24(20(25)16-10-12-22-13-11-16)21-23-17-8-3-4-9-18(17)26-21/h3-13H,1-2H3. The van der Waals surface area contributed by atoms with E-state index in [0.29, 0.717) is 10.7 Å². The zero-order valence-electron chi connectivity index (χ0n) is 14.5. The van der Waals surface area contributed by atoms with E-state index in [2.05, 4.69) is 4.98 Å². The van der Waals surface area contributed by atoms with Crippen LogP contribution in [0.3, 0.4) is 0 Å². The van der Waals surface area contributed by atoms with E-state index in [1.54, 1.807) is 29.4 Å². The molecule has 2 aromatic heterocycles. The van der Waals surface area contributed by atoms with Gasteiger partial charge in [0.15, 0.2) is 5.13 Å². The number of hydrogen-bond donors (Lipinski definition) is 0. The molecule has 0 bridgehead atoms. The van der Waals surface area contributed by atoms with E-state index in [1.165, 1.54) is 11.3 Å². The lowest BCUT2D eigenvalue weighted by molar-refractivity contribution is 0.0999. The van der Waals surface area contributed by atoms with E-state index in [9.17, 15) is 4.79 Å². The fraction of sp³-hybridized carbons (Fsp3) is 0.0952. The lowest BCUT2D eigenvalue weighted by atomic mass is 10.1. The number of anilines is 2. The Morgan fingerprint density at radius 3 is 2.31 bits per heavy atom. The van der Waals surface area contributed by atoms with Crippen molar-refractivity contribution in [2.75, 3.05) is 4.90 Å². The quantitative estimate of drug-likeness (QED) is 0.499. The Kier molecular flexibility index (Phi) is 4.22. The lowest BCUT2D eigenvalue weighted by Gasteiger charge is -2.24. The fourth-order valence-electron chi connectivity index (χ4n) is 3.02. The molecule has 26 heavy (non-hydrogen) atoms. The maximum Gasteiger partial charge on any atom is 0.264 e. The van der Waals surface area contributed by atoms with Crippen LogP contribution in [0.15, 0.2) is 67.0 Å². The zero-order valence-corrected chi connectivity index (χ0v) is 15.3. The predicted molar refractivity (Wildman–Crippen MR) is 106 cm³/mol. The van der Waals surface area contributed by atoms with Crippen molar-refractivity contribution in [2.24, 2.45) is 0 Å². The number of benzene rings is 2. The molecule has 4 rings (SSSR count). The summed E-state index contributed by atoms with van der Waals surface area (Å²) in [4.78, 5) is 23.9. The number of rotatable bonds is 3. The Labute approximate surface area is 155 Å². The summed E-state index contributed by atoms with van der Waals surface area (Å²) in [6.45, 7) is 4.03. The fourth-order valence-corrected chi connectivity index (χ4v) is 3.99. The van der Waals surface area contributed by atoms with E-state index in [1.807, 2.05) is 56.3 Å². The van der Waals surface area contributed by atoms with E-state index in [4.69, 9.17) is 4.98 Å². The minimum Gasteiger partial charge on any atom is -0.268 e. The van der Waals surface area contributed by atoms with Gasteiger partial charge in [0.2, 0.25) is 0 Å². The third-order valence-electron chi connectivity index (χ3n) is 4.27. The molecule has 2 aromatic carbocycles. The molecular formula is C21H17N3OS. The van der Waals surface area contributed by atoms with Crippen LogP contribution >= 0.6 is 11.3 Å². The summed E-state index contributed by atoms with van der Waals surface area (Å²) in [6.07, 6.45) is 3.27. The number of carbonyl (C=O) groups is 1. The van der Waals surface area contributed by atoms with Crippen molar-refractivity contribution in [1.82, 2.24) is 9.97 Å². The van der Waals surface area contributed by atoms with Crippen molar-refractivity contribution >= 4 is 38.3 Å². The smallest absolute Gasteiger partial charge is 0.264 e. The molecule has 0 unspecified atom stereocenters. The van der Waals surface area contributed by atoms with Gasteiger partial charge in [0.05, 0.1) is 15.9 Å².